The molecule has 0 aliphatic heterocycles. The van der Waals surface area contributed by atoms with Crippen LogP contribution < -0.4 is 0 Å². The van der Waals surface area contributed by atoms with Gasteiger partial charge in [0, 0.05) is 65.6 Å². The lowest BCUT2D eigenvalue weighted by molar-refractivity contribution is 0.647. The highest BCUT2D eigenvalue weighted by molar-refractivity contribution is 6.15. The van der Waals surface area contributed by atoms with Gasteiger partial charge >= 0.3 is 0 Å². The van der Waals surface area contributed by atoms with Gasteiger partial charge in [0.05, 0.1) is 33.3 Å². The summed E-state index contributed by atoms with van der Waals surface area (Å²) in [5.74, 6) is 0.706. The maximum absolute atomic E-state index is 6.42. The van der Waals surface area contributed by atoms with Gasteiger partial charge in [-0.2, -0.15) is 0 Å². The molecule has 4 aromatic heterocycles. The van der Waals surface area contributed by atoms with Crippen LogP contribution in [0.25, 0.3) is 122 Å². The summed E-state index contributed by atoms with van der Waals surface area (Å²) in [5.41, 5.74) is 17.6. The fourth-order valence-electron chi connectivity index (χ4n) is 10.9. The van der Waals surface area contributed by atoms with Gasteiger partial charge < -0.3 is 13.6 Å². The lowest BCUT2D eigenvalue weighted by atomic mass is 9.82. The Morgan fingerprint density at radius 3 is 1.83 bits per heavy atom. The number of benzene rings is 9. The zero-order valence-corrected chi connectivity index (χ0v) is 35.2. The third-order valence-electron chi connectivity index (χ3n) is 13.9. The van der Waals surface area contributed by atoms with Gasteiger partial charge in [0.15, 0.2) is 5.82 Å². The van der Waals surface area contributed by atoms with Crippen molar-refractivity contribution in [1.82, 2.24) is 19.1 Å². The summed E-state index contributed by atoms with van der Waals surface area (Å²) in [6, 6.07) is 69.9. The Balaban J connectivity index is 1.00. The van der Waals surface area contributed by atoms with E-state index in [4.69, 9.17) is 14.4 Å². The van der Waals surface area contributed by atoms with E-state index < -0.39 is 0 Å². The molecule has 5 nitrogen and oxygen atoms in total. The molecular formula is C59H38N4O. The van der Waals surface area contributed by atoms with E-state index in [9.17, 15) is 0 Å². The third kappa shape index (κ3) is 4.89. The number of hydrogen-bond donors (Lipinski definition) is 0. The van der Waals surface area contributed by atoms with Crippen molar-refractivity contribution in [3.05, 3.63) is 205 Å². The monoisotopic (exact) mass is 818 g/mol. The molecule has 5 heteroatoms. The molecule has 0 N–H and O–H groups in total. The van der Waals surface area contributed by atoms with Crippen LogP contribution in [0.3, 0.4) is 0 Å². The highest BCUT2D eigenvalue weighted by Crippen LogP contribution is 2.53. The van der Waals surface area contributed by atoms with Gasteiger partial charge in [-0.1, -0.05) is 117 Å². The maximum Gasteiger partial charge on any atom is 0.160 e. The van der Waals surface area contributed by atoms with Crippen LogP contribution in [-0.4, -0.2) is 19.1 Å². The molecule has 0 atom stereocenters. The van der Waals surface area contributed by atoms with Crippen molar-refractivity contribution in [1.29, 1.82) is 0 Å². The Morgan fingerprint density at radius 1 is 0.391 bits per heavy atom. The lowest BCUT2D eigenvalue weighted by Gasteiger charge is -2.21. The van der Waals surface area contributed by atoms with Crippen LogP contribution in [0.15, 0.2) is 199 Å². The van der Waals surface area contributed by atoms with Gasteiger partial charge in [-0.3, -0.25) is 0 Å². The van der Waals surface area contributed by atoms with Crippen LogP contribution in [0.2, 0.25) is 0 Å². The van der Waals surface area contributed by atoms with Crippen LogP contribution in [0.1, 0.15) is 25.0 Å². The van der Waals surface area contributed by atoms with Crippen LogP contribution in [0.5, 0.6) is 0 Å². The molecule has 0 unspecified atom stereocenters. The minimum atomic E-state index is -0.234. The average Bonchev–Trinajstić information content (AvgIpc) is 4.04. The fourth-order valence-corrected chi connectivity index (χ4v) is 10.9. The molecule has 9 aromatic carbocycles. The van der Waals surface area contributed by atoms with E-state index in [1.54, 1.807) is 0 Å². The first kappa shape index (κ1) is 35.3. The lowest BCUT2D eigenvalue weighted by Crippen LogP contribution is -2.15. The van der Waals surface area contributed by atoms with E-state index in [0.717, 1.165) is 82.8 Å². The summed E-state index contributed by atoms with van der Waals surface area (Å²) < 4.78 is 11.3. The SMILES string of the molecule is CC1(C)c2cc3oc4ccccc4c3cc2-c2cc3c4ccccc4n(-c4ccc5c(c4)c4cc(-c6nc(-c7ccccc7)c7ccccc7n6)ccc4n5-c4ccccc4)c3cc21. The molecule has 0 amide bonds. The van der Waals surface area contributed by atoms with Crippen molar-refractivity contribution in [2.45, 2.75) is 19.3 Å². The van der Waals surface area contributed by atoms with E-state index in [1.807, 2.05) is 12.1 Å². The highest BCUT2D eigenvalue weighted by Gasteiger charge is 2.37. The van der Waals surface area contributed by atoms with Crippen molar-refractivity contribution >= 4 is 76.5 Å². The van der Waals surface area contributed by atoms with Crippen molar-refractivity contribution in [2.75, 3.05) is 0 Å². The van der Waals surface area contributed by atoms with E-state index in [1.165, 1.54) is 44.1 Å². The number of furan rings is 1. The first-order valence-electron chi connectivity index (χ1n) is 22.0. The smallest absolute Gasteiger partial charge is 0.160 e. The van der Waals surface area contributed by atoms with Crippen LogP contribution >= 0.6 is 0 Å². The van der Waals surface area contributed by atoms with Crippen LogP contribution in [0, 0.1) is 0 Å². The first-order chi connectivity index (χ1) is 31.5. The molecule has 0 bridgehead atoms. The molecule has 0 spiro atoms. The molecule has 1 aliphatic carbocycles. The summed E-state index contributed by atoms with van der Waals surface area (Å²) in [4.78, 5) is 10.4. The van der Waals surface area contributed by atoms with Crippen molar-refractivity contribution < 1.29 is 4.42 Å². The molecule has 1 aliphatic rings. The van der Waals surface area contributed by atoms with Gasteiger partial charge in [-0.25, -0.2) is 9.97 Å². The van der Waals surface area contributed by atoms with Gasteiger partial charge in [0.25, 0.3) is 0 Å². The third-order valence-corrected chi connectivity index (χ3v) is 13.9. The fraction of sp³-hybridized carbons (Fsp3) is 0.0508. The largest absolute Gasteiger partial charge is 0.456 e. The Hall–Kier alpha value is -8.28. The van der Waals surface area contributed by atoms with Gasteiger partial charge in [0.1, 0.15) is 11.2 Å². The molecule has 14 rings (SSSR count). The quantitative estimate of drug-likeness (QED) is 0.178. The summed E-state index contributed by atoms with van der Waals surface area (Å²) in [6.45, 7) is 4.71. The predicted molar refractivity (Wildman–Crippen MR) is 264 cm³/mol. The molecule has 0 saturated carbocycles. The molecule has 0 fully saturated rings. The first-order valence-corrected chi connectivity index (χ1v) is 22.0. The van der Waals surface area contributed by atoms with E-state index in [0.29, 0.717) is 5.82 Å². The average molecular weight is 819 g/mol. The molecule has 0 saturated heterocycles. The second kappa shape index (κ2) is 12.9. The Labute approximate surface area is 368 Å². The number of rotatable bonds is 4. The van der Waals surface area contributed by atoms with E-state index >= 15 is 0 Å². The highest BCUT2D eigenvalue weighted by atomic mass is 16.3. The molecule has 0 radical (unpaired) electrons. The second-order valence-electron chi connectivity index (χ2n) is 17.8. The zero-order chi connectivity index (χ0) is 42.3. The van der Waals surface area contributed by atoms with E-state index in [2.05, 4.69) is 205 Å². The summed E-state index contributed by atoms with van der Waals surface area (Å²) in [6.07, 6.45) is 0. The normalized spacial score (nSPS) is 13.3. The zero-order valence-electron chi connectivity index (χ0n) is 35.2. The molecule has 4 heterocycles. The number of nitrogens with zero attached hydrogens (tertiary/aromatic N) is 4. The summed E-state index contributed by atoms with van der Waals surface area (Å²) in [5, 5.41) is 8.14. The van der Waals surface area contributed by atoms with Gasteiger partial charge in [-0.05, 0) is 113 Å². The van der Waals surface area contributed by atoms with Crippen molar-refractivity contribution in [3.63, 3.8) is 0 Å². The van der Waals surface area contributed by atoms with Gasteiger partial charge in [0.2, 0.25) is 0 Å². The molecule has 64 heavy (non-hydrogen) atoms. The standard InChI is InChI=1S/C59H38N4O/c1-59(2)48-33-54-46(31-42(48)43-32-47-40-20-11-14-24-55(40)64-56(47)34-49(43)59)39-19-10-13-23-51(39)63(54)38-26-28-53-45(30-38)44-29-36(25-27-52(44)62(53)37-17-7-4-8-18-37)58-60-50-22-12-9-21-41(50)57(61-58)35-15-5-3-6-16-35/h3-34H,1-2H3. The van der Waals surface area contributed by atoms with Gasteiger partial charge in [-0.15, -0.1) is 0 Å². The minimum absolute atomic E-state index is 0.234. The topological polar surface area (TPSA) is 48.8 Å². The summed E-state index contributed by atoms with van der Waals surface area (Å²) in [7, 11) is 0. The number of hydrogen-bond acceptors (Lipinski definition) is 3. The minimum Gasteiger partial charge on any atom is -0.456 e. The van der Waals surface area contributed by atoms with Crippen molar-refractivity contribution in [2.24, 2.45) is 0 Å². The number of para-hydroxylation sites is 4. The Morgan fingerprint density at radius 2 is 1.00 bits per heavy atom. The van der Waals surface area contributed by atoms with E-state index in [-0.39, 0.29) is 5.41 Å². The number of aromatic nitrogens is 4. The van der Waals surface area contributed by atoms with Crippen LogP contribution in [-0.2, 0) is 5.41 Å². The Kier molecular flexibility index (Phi) is 7.11. The summed E-state index contributed by atoms with van der Waals surface area (Å²) >= 11 is 0. The second-order valence-corrected chi connectivity index (χ2v) is 17.8. The number of fused-ring (bicyclic) bond motifs is 13. The molecule has 300 valence electrons. The van der Waals surface area contributed by atoms with Crippen LogP contribution in [0.4, 0.5) is 0 Å². The molecular weight excluding hydrogens is 781 g/mol. The van der Waals surface area contributed by atoms with Crippen molar-refractivity contribution in [3.8, 4) is 45.1 Å². The molecule has 13 aromatic rings. The Bertz CT molecular complexity index is 4100. The predicted octanol–water partition coefficient (Wildman–Crippen LogP) is 15.4. The maximum atomic E-state index is 6.42.